The molecule has 0 heterocycles. The molecule has 12 rings (SSSR count). The second-order valence-electron chi connectivity index (χ2n) is 51.2. The first-order valence-corrected chi connectivity index (χ1v) is 49.5. The van der Waals surface area contributed by atoms with Gasteiger partial charge in [0.05, 0.1) is 0 Å². The van der Waals surface area contributed by atoms with Crippen molar-refractivity contribution in [1.29, 1.82) is 0 Å². The van der Waals surface area contributed by atoms with Crippen molar-refractivity contribution in [3.8, 4) is 0 Å². The molecular weight excluding hydrogens is 1320 g/mol. The lowest BCUT2D eigenvalue weighted by Crippen LogP contribution is -2.31. The first-order chi connectivity index (χ1) is 49.5. The zero-order valence-corrected chi connectivity index (χ0v) is 87.2. The molecule has 0 aromatic carbocycles. The third-order valence-corrected chi connectivity index (χ3v) is 34.2. The van der Waals surface area contributed by atoms with Crippen molar-refractivity contribution in [3.63, 3.8) is 0 Å². The molecule has 0 aliphatic heterocycles. The minimum Gasteiger partial charge on any atom is -0.0651 e. The van der Waals surface area contributed by atoms with Crippen LogP contribution in [-0.4, -0.2) is 0 Å². The summed E-state index contributed by atoms with van der Waals surface area (Å²) in [7, 11) is 0. The second kappa shape index (κ2) is 50.9. The van der Waals surface area contributed by atoms with Gasteiger partial charge in [-0.15, -0.1) is 0 Å². The van der Waals surface area contributed by atoms with E-state index < -0.39 is 0 Å². The molecule has 0 saturated heterocycles. The van der Waals surface area contributed by atoms with Crippen LogP contribution < -0.4 is 0 Å². The molecule has 0 heteroatoms. The van der Waals surface area contributed by atoms with Gasteiger partial charge in [-0.3, -0.25) is 0 Å². The first kappa shape index (κ1) is 114. The smallest absolute Gasteiger partial charge is 0.0297 e. The van der Waals surface area contributed by atoms with Gasteiger partial charge in [0, 0.05) is 0 Å². The van der Waals surface area contributed by atoms with Crippen molar-refractivity contribution in [3.05, 3.63) is 0 Å². The molecule has 0 amide bonds. The quantitative estimate of drug-likeness (QED) is 0.205. The van der Waals surface area contributed by atoms with Gasteiger partial charge in [-0.1, -0.05) is 385 Å². The van der Waals surface area contributed by atoms with Crippen molar-refractivity contribution in [1.82, 2.24) is 0 Å². The van der Waals surface area contributed by atoms with Gasteiger partial charge in [0.1, 0.15) is 0 Å². The summed E-state index contributed by atoms with van der Waals surface area (Å²) >= 11 is 0. The highest BCUT2D eigenvalue weighted by molar-refractivity contribution is 5.00. The fourth-order valence-electron chi connectivity index (χ4n) is 16.5. The second-order valence-corrected chi connectivity index (χ2v) is 51.2. The van der Waals surface area contributed by atoms with Gasteiger partial charge in [0.25, 0.3) is 0 Å². The van der Waals surface area contributed by atoms with E-state index in [4.69, 9.17) is 0 Å². The molecule has 0 radical (unpaired) electrons. The maximum atomic E-state index is 2.44. The largest absolute Gasteiger partial charge is 0.0651 e. The van der Waals surface area contributed by atoms with Crippen LogP contribution in [0.5, 0.6) is 0 Å². The lowest BCUT2D eigenvalue weighted by molar-refractivity contribution is 0.0891. The molecular formula is C110H226. The molecule has 666 valence electrons. The zero-order chi connectivity index (χ0) is 87.2. The molecule has 12 saturated carbocycles. The van der Waals surface area contributed by atoms with Crippen LogP contribution in [0.25, 0.3) is 0 Å². The Kier molecular flexibility index (Phi) is 52.9. The molecule has 12 aliphatic rings. The van der Waals surface area contributed by atoms with Crippen molar-refractivity contribution in [2.24, 2.45) is 196 Å². The predicted octanol–water partition coefficient (Wildman–Crippen LogP) is 38.7. The van der Waals surface area contributed by atoms with E-state index in [2.05, 4.69) is 346 Å². The van der Waals surface area contributed by atoms with E-state index in [0.29, 0.717) is 48.7 Å². The van der Waals surface area contributed by atoms with Gasteiger partial charge in [-0.25, -0.2) is 0 Å². The van der Waals surface area contributed by atoms with Gasteiger partial charge in [0.15, 0.2) is 0 Å². The van der Waals surface area contributed by atoms with Crippen LogP contribution in [0.3, 0.4) is 0 Å². The molecule has 12 aliphatic carbocycles. The maximum absolute atomic E-state index is 2.44. The van der Waals surface area contributed by atoms with Crippen LogP contribution in [0, 0.1) is 196 Å². The third kappa shape index (κ3) is 49.5. The summed E-state index contributed by atoms with van der Waals surface area (Å²) in [5.74, 6) is 24.0. The first-order valence-electron chi connectivity index (χ1n) is 49.5. The lowest BCUT2D eigenvalue weighted by atomic mass is 9.64. The zero-order valence-electron chi connectivity index (χ0n) is 87.2. The summed E-state index contributed by atoms with van der Waals surface area (Å²) in [5, 5.41) is 0. The van der Waals surface area contributed by atoms with Gasteiger partial charge in [-0.2, -0.15) is 0 Å². The van der Waals surface area contributed by atoms with Crippen LogP contribution in [0.4, 0.5) is 0 Å². The average Bonchev–Trinajstić information content (AvgIpc) is 1.59. The fraction of sp³-hybridized carbons (Fsp3) is 1.00. The van der Waals surface area contributed by atoms with Crippen molar-refractivity contribution in [2.75, 3.05) is 0 Å². The van der Waals surface area contributed by atoms with E-state index in [0.717, 1.165) is 136 Å². The summed E-state index contributed by atoms with van der Waals surface area (Å²) in [6.45, 7) is 116. The standard InChI is InChI=1S/5C8H18.2C7H12.8C7H14/c1-7(2,3)8(4,5)6;2*1-6-7(2)8(3,4)5;1-6-8(4,5)7(2)3;1-6(2)8(5)7(3)4;1-7(4-5-7)6-2-3-6;1-5-4-7(5)6-2-3-6;2*1-6-4-7(2,3)5-6;2*1-6-4-5-7(6,2)3;2*1-5-4-6(2)7(5)3;1-3-7-4-6(2)5-7;1-3-7-5-4-6(7)2/h1-6H3;3*7H,6H2,1-5H3;6-8H,1-5H3;6H,2-5H2,1H3;5-7H,2-4H2,1H3;4*6H,4-5H2,1-3H3;2*5-7H,4H2,1-3H3;2*6-7H,3-5H2,1-2H3/t;7-;;;;;5-,7?;;;6-;;5-,6?,7?;;;/m.1....0..0.0.../s1. The third-order valence-electron chi connectivity index (χ3n) is 34.2. The SMILES string of the molecule is CC(C)(C)C(C)(C)C.CC(C)C(C)C(C)C.CC1(C2CC2)CC1.CC1CC(C)(C)C1.CC1CC(C)(C)C1.CC1CC(C)C1C.CC1CCC1(C)C.CC1C[C@H](C)C1C.CCC(C)(C)C(C)C.CCC(C)C(C)(C)C.CCC1CC(C)C1.CCC1CCC1C.CC[C@@H](C)C(C)(C)C.C[C@H]1CC1C1CC1.C[C@H]1CCC1(C)C. The monoisotopic (exact) mass is 1550 g/mol. The highest BCUT2D eigenvalue weighted by Crippen LogP contribution is 2.61. The molecule has 13 atom stereocenters. The number of hydrogen-bond acceptors (Lipinski definition) is 0. The Morgan fingerprint density at radius 3 is 0.691 bits per heavy atom. The Bertz CT molecular complexity index is 2070. The molecule has 0 aromatic heterocycles. The van der Waals surface area contributed by atoms with Gasteiger partial charge < -0.3 is 0 Å². The highest BCUT2D eigenvalue weighted by Gasteiger charge is 2.49. The van der Waals surface area contributed by atoms with Crippen molar-refractivity contribution >= 4 is 0 Å². The minimum atomic E-state index is 0.437. The molecule has 0 aromatic rings. The molecule has 0 spiro atoms. The predicted molar refractivity (Wildman–Crippen MR) is 512 cm³/mol. The van der Waals surface area contributed by atoms with Crippen LogP contribution in [-0.2, 0) is 0 Å². The van der Waals surface area contributed by atoms with Crippen molar-refractivity contribution < 1.29 is 0 Å². The molecule has 12 fully saturated rings. The van der Waals surface area contributed by atoms with Crippen LogP contribution in [0.15, 0.2) is 0 Å². The van der Waals surface area contributed by atoms with E-state index in [1.165, 1.54) is 160 Å². The average molecular weight is 1550 g/mol. The van der Waals surface area contributed by atoms with E-state index in [9.17, 15) is 0 Å². The molecule has 0 nitrogen and oxygen atoms in total. The summed E-state index contributed by atoms with van der Waals surface area (Å²) in [6, 6.07) is 0. The van der Waals surface area contributed by atoms with Gasteiger partial charge in [-0.05, 0) is 325 Å². The lowest BCUT2D eigenvalue weighted by Gasteiger charge is -2.42. The van der Waals surface area contributed by atoms with E-state index in [-0.39, 0.29) is 0 Å². The minimum absolute atomic E-state index is 0.437. The summed E-state index contributed by atoms with van der Waals surface area (Å²) in [5.41, 5.74) is 6.04. The molecule has 0 N–H and O–H groups in total. The van der Waals surface area contributed by atoms with Crippen molar-refractivity contribution in [2.45, 2.75) is 513 Å². The number of rotatable bonds is 10. The molecule has 0 bridgehead atoms. The van der Waals surface area contributed by atoms with E-state index in [1.54, 1.807) is 19.3 Å². The summed E-state index contributed by atoms with van der Waals surface area (Å²) in [4.78, 5) is 0. The molecule has 9 unspecified atom stereocenters. The Morgan fingerprint density at radius 2 is 0.664 bits per heavy atom. The summed E-state index contributed by atoms with van der Waals surface area (Å²) < 4.78 is 0. The van der Waals surface area contributed by atoms with Crippen LogP contribution >= 0.6 is 0 Å². The van der Waals surface area contributed by atoms with Crippen LogP contribution in [0.2, 0.25) is 0 Å². The Morgan fingerprint density at radius 1 is 0.345 bits per heavy atom. The topological polar surface area (TPSA) is 0 Å². The van der Waals surface area contributed by atoms with Crippen LogP contribution in [0.1, 0.15) is 513 Å². The normalized spacial score (nSPS) is 30.7. The van der Waals surface area contributed by atoms with E-state index >= 15 is 0 Å². The highest BCUT2D eigenvalue weighted by atomic mass is 14.5. The Labute approximate surface area is 705 Å². The van der Waals surface area contributed by atoms with Gasteiger partial charge in [0.2, 0.25) is 0 Å². The number of hydrogen-bond donors (Lipinski definition) is 0. The maximum Gasteiger partial charge on any atom is -0.0297 e. The summed E-state index contributed by atoms with van der Waals surface area (Å²) in [6.07, 6.45) is 37.9. The Balaban J connectivity index is -0.00000112. The molecule has 110 heavy (non-hydrogen) atoms. The van der Waals surface area contributed by atoms with Gasteiger partial charge >= 0.3 is 0 Å². The van der Waals surface area contributed by atoms with E-state index in [1.807, 2.05) is 0 Å². The Hall–Kier alpha value is 0. The fourth-order valence-corrected chi connectivity index (χ4v) is 16.5.